The van der Waals surface area contributed by atoms with Crippen LogP contribution in [0.2, 0.25) is 0 Å². The summed E-state index contributed by atoms with van der Waals surface area (Å²) in [5.74, 6) is 0. The molecule has 0 radical (unpaired) electrons. The van der Waals surface area contributed by atoms with E-state index in [0.717, 1.165) is 0 Å². The number of aliphatic hydroxyl groups is 4. The van der Waals surface area contributed by atoms with Crippen LogP contribution in [0.25, 0.3) is 0 Å². The third kappa shape index (κ3) is 1.98. The van der Waals surface area contributed by atoms with Crippen LogP contribution in [0.15, 0.2) is 0 Å². The largest absolute Gasteiger partial charge is 0.394 e. The van der Waals surface area contributed by atoms with Crippen LogP contribution in [-0.2, 0) is 9.47 Å². The normalized spacial score (nSPS) is 46.4. The molecule has 0 aromatic rings. The van der Waals surface area contributed by atoms with Crippen molar-refractivity contribution in [3.05, 3.63) is 0 Å². The van der Waals surface area contributed by atoms with Crippen molar-refractivity contribution in [2.24, 2.45) is 0 Å². The topological polar surface area (TPSA) is 99.4 Å². The highest BCUT2D eigenvalue weighted by molar-refractivity contribution is 4.88. The second kappa shape index (κ2) is 4.32. The van der Waals surface area contributed by atoms with E-state index in [4.69, 9.17) is 14.6 Å². The minimum atomic E-state index is -1.36. The molecule has 78 valence electrons. The van der Waals surface area contributed by atoms with Crippen molar-refractivity contribution < 1.29 is 29.9 Å². The van der Waals surface area contributed by atoms with Crippen molar-refractivity contribution in [2.45, 2.75) is 30.7 Å². The van der Waals surface area contributed by atoms with Crippen LogP contribution in [-0.4, -0.2) is 64.8 Å². The Bertz CT molecular complexity index is 143. The van der Waals surface area contributed by atoms with Gasteiger partial charge in [0.25, 0.3) is 0 Å². The second-order valence-corrected chi connectivity index (χ2v) is 2.93. The molecule has 0 bridgehead atoms. The summed E-state index contributed by atoms with van der Waals surface area (Å²) in [5, 5.41) is 36.6. The highest BCUT2D eigenvalue weighted by Crippen LogP contribution is 2.20. The molecule has 0 aromatic carbocycles. The van der Waals surface area contributed by atoms with Crippen LogP contribution in [0.3, 0.4) is 0 Å². The zero-order valence-electron chi connectivity index (χ0n) is 7.20. The van der Waals surface area contributed by atoms with Crippen LogP contribution >= 0.6 is 0 Å². The third-order valence-corrected chi connectivity index (χ3v) is 2.08. The summed E-state index contributed by atoms with van der Waals surface area (Å²) >= 11 is 0. The van der Waals surface area contributed by atoms with Crippen molar-refractivity contribution in [3.8, 4) is 0 Å². The predicted molar refractivity (Wildman–Crippen MR) is 40.8 cm³/mol. The fourth-order valence-electron chi connectivity index (χ4n) is 1.26. The van der Waals surface area contributed by atoms with Gasteiger partial charge in [0.05, 0.1) is 6.61 Å². The van der Waals surface area contributed by atoms with E-state index in [2.05, 4.69) is 0 Å². The lowest BCUT2D eigenvalue weighted by Crippen LogP contribution is -2.58. The smallest absolute Gasteiger partial charge is 0.186 e. The van der Waals surface area contributed by atoms with E-state index in [0.29, 0.717) is 0 Å². The fourth-order valence-corrected chi connectivity index (χ4v) is 1.26. The van der Waals surface area contributed by atoms with Crippen molar-refractivity contribution in [1.29, 1.82) is 0 Å². The molecular weight excluding hydrogens is 180 g/mol. The van der Waals surface area contributed by atoms with Gasteiger partial charge in [-0.2, -0.15) is 0 Å². The van der Waals surface area contributed by atoms with Gasteiger partial charge >= 0.3 is 0 Å². The Balaban J connectivity index is 2.66. The summed E-state index contributed by atoms with van der Waals surface area (Å²) in [5.41, 5.74) is 0. The minimum Gasteiger partial charge on any atom is -0.394 e. The molecule has 0 aromatic heterocycles. The molecule has 1 saturated heterocycles. The van der Waals surface area contributed by atoms with Crippen LogP contribution in [0, 0.1) is 0 Å². The Morgan fingerprint density at radius 2 is 1.77 bits per heavy atom. The molecular formula is C7H14O6. The highest BCUT2D eigenvalue weighted by atomic mass is 16.7. The summed E-state index contributed by atoms with van der Waals surface area (Å²) in [6.45, 7) is -0.440. The lowest BCUT2D eigenvalue weighted by Gasteiger charge is -2.38. The lowest BCUT2D eigenvalue weighted by atomic mass is 9.99. The van der Waals surface area contributed by atoms with Crippen LogP contribution in [0.5, 0.6) is 0 Å². The van der Waals surface area contributed by atoms with Gasteiger partial charge in [-0.1, -0.05) is 0 Å². The Kier molecular flexibility index (Phi) is 3.60. The first kappa shape index (κ1) is 10.8. The van der Waals surface area contributed by atoms with E-state index in [1.165, 1.54) is 7.11 Å². The van der Waals surface area contributed by atoms with Crippen molar-refractivity contribution in [1.82, 2.24) is 0 Å². The fraction of sp³-hybridized carbons (Fsp3) is 1.00. The Morgan fingerprint density at radius 3 is 2.23 bits per heavy atom. The first-order valence-electron chi connectivity index (χ1n) is 3.95. The molecule has 13 heavy (non-hydrogen) atoms. The summed E-state index contributed by atoms with van der Waals surface area (Å²) < 4.78 is 9.65. The molecule has 1 aliphatic heterocycles. The molecule has 0 spiro atoms. The standard InChI is InChI=1S/C7H14O6/c1-12-7-6(11)5(10)4(9)3(2-8)13-7/h3-11H,2H2,1H3/t3?,4-,5-,6+,7+/m1/s1. The van der Waals surface area contributed by atoms with Gasteiger partial charge in [0.15, 0.2) is 6.29 Å². The quantitative estimate of drug-likeness (QED) is 0.386. The number of aliphatic hydroxyl groups excluding tert-OH is 4. The van der Waals surface area contributed by atoms with Gasteiger partial charge in [-0.15, -0.1) is 0 Å². The van der Waals surface area contributed by atoms with E-state index in [1.807, 2.05) is 0 Å². The molecule has 1 rings (SSSR count). The van der Waals surface area contributed by atoms with Gasteiger partial charge in [-0.05, 0) is 0 Å². The molecule has 1 aliphatic rings. The molecule has 6 heteroatoms. The van der Waals surface area contributed by atoms with Gasteiger partial charge in [0.2, 0.25) is 0 Å². The molecule has 0 saturated carbocycles. The summed E-state index contributed by atoms with van der Waals surface area (Å²) in [6.07, 6.45) is -5.91. The second-order valence-electron chi connectivity index (χ2n) is 2.93. The van der Waals surface area contributed by atoms with E-state index >= 15 is 0 Å². The van der Waals surface area contributed by atoms with Crippen LogP contribution < -0.4 is 0 Å². The van der Waals surface area contributed by atoms with Gasteiger partial charge in [-0.25, -0.2) is 0 Å². The summed E-state index contributed by atoms with van der Waals surface area (Å²) in [6, 6.07) is 0. The molecule has 1 heterocycles. The average Bonchev–Trinajstić information content (AvgIpc) is 2.15. The first-order valence-corrected chi connectivity index (χ1v) is 3.95. The van der Waals surface area contributed by atoms with Gasteiger partial charge < -0.3 is 29.9 Å². The lowest BCUT2D eigenvalue weighted by molar-refractivity contribution is -0.294. The van der Waals surface area contributed by atoms with E-state index in [1.54, 1.807) is 0 Å². The van der Waals surface area contributed by atoms with Crippen LogP contribution in [0.4, 0.5) is 0 Å². The van der Waals surface area contributed by atoms with Gasteiger partial charge in [0, 0.05) is 7.11 Å². The zero-order chi connectivity index (χ0) is 10.0. The summed E-state index contributed by atoms with van der Waals surface area (Å²) in [7, 11) is 1.30. The third-order valence-electron chi connectivity index (χ3n) is 2.08. The van der Waals surface area contributed by atoms with Crippen molar-refractivity contribution in [2.75, 3.05) is 13.7 Å². The molecule has 6 nitrogen and oxygen atoms in total. The number of ether oxygens (including phenoxy) is 2. The number of hydrogen-bond acceptors (Lipinski definition) is 6. The maximum atomic E-state index is 9.28. The number of methoxy groups -OCH3 is 1. The van der Waals surface area contributed by atoms with Gasteiger partial charge in [0.1, 0.15) is 24.4 Å². The number of rotatable bonds is 2. The van der Waals surface area contributed by atoms with E-state index in [-0.39, 0.29) is 0 Å². The number of hydrogen-bond donors (Lipinski definition) is 4. The van der Waals surface area contributed by atoms with E-state index < -0.39 is 37.3 Å². The molecule has 4 N–H and O–H groups in total. The Morgan fingerprint density at radius 1 is 1.15 bits per heavy atom. The Labute approximate surface area is 75.3 Å². The SMILES string of the molecule is CO[C@H]1OC(CO)[C@@H](O)[C@@H](O)[C@@H]1O. The molecule has 0 amide bonds. The molecule has 1 unspecified atom stereocenters. The van der Waals surface area contributed by atoms with Crippen molar-refractivity contribution >= 4 is 0 Å². The predicted octanol–water partition coefficient (Wildman–Crippen LogP) is -2.57. The highest BCUT2D eigenvalue weighted by Gasteiger charge is 2.43. The minimum absolute atomic E-state index is 0.440. The molecule has 1 fully saturated rings. The Hall–Kier alpha value is -0.240. The monoisotopic (exact) mass is 194 g/mol. The van der Waals surface area contributed by atoms with E-state index in [9.17, 15) is 15.3 Å². The summed E-state index contributed by atoms with van der Waals surface area (Å²) in [4.78, 5) is 0. The molecule has 5 atom stereocenters. The van der Waals surface area contributed by atoms with Crippen molar-refractivity contribution in [3.63, 3.8) is 0 Å². The zero-order valence-corrected chi connectivity index (χ0v) is 7.20. The maximum absolute atomic E-state index is 9.28. The van der Waals surface area contributed by atoms with Gasteiger partial charge in [-0.3, -0.25) is 0 Å². The van der Waals surface area contributed by atoms with Crippen LogP contribution in [0.1, 0.15) is 0 Å². The maximum Gasteiger partial charge on any atom is 0.186 e. The average molecular weight is 194 g/mol. The first-order chi connectivity index (χ1) is 6.11. The molecule has 0 aliphatic carbocycles.